The summed E-state index contributed by atoms with van der Waals surface area (Å²) in [6.45, 7) is 2.05. The first kappa shape index (κ1) is 9.15. The van der Waals surface area contributed by atoms with Crippen molar-refractivity contribution >= 4 is 5.65 Å². The second-order valence-electron chi connectivity index (χ2n) is 3.81. The van der Waals surface area contributed by atoms with Gasteiger partial charge in [-0.2, -0.15) is 0 Å². The molecule has 80 valence electrons. The lowest BCUT2D eigenvalue weighted by Crippen LogP contribution is -1.95. The van der Waals surface area contributed by atoms with Crippen LogP contribution in [-0.4, -0.2) is 14.6 Å². The molecule has 0 aliphatic heterocycles. The highest BCUT2D eigenvalue weighted by Crippen LogP contribution is 2.11. The fourth-order valence-electron chi connectivity index (χ4n) is 1.73. The average molecular weight is 213 g/mol. The van der Waals surface area contributed by atoms with E-state index >= 15 is 0 Å². The molecule has 0 fully saturated rings. The molecular formula is C12H11N3O. The van der Waals surface area contributed by atoms with Crippen LogP contribution in [0.1, 0.15) is 17.1 Å². The predicted octanol–water partition coefficient (Wildman–Crippen LogP) is 2.22. The minimum Gasteiger partial charge on any atom is -0.469 e. The van der Waals surface area contributed by atoms with Gasteiger partial charge in [-0.05, 0) is 30.7 Å². The number of fused-ring (bicyclic) bond motifs is 1. The van der Waals surface area contributed by atoms with Crippen LogP contribution in [-0.2, 0) is 6.42 Å². The maximum atomic E-state index is 5.30. The van der Waals surface area contributed by atoms with E-state index in [1.165, 1.54) is 5.56 Å². The normalized spacial score (nSPS) is 11.1. The number of furan rings is 1. The minimum absolute atomic E-state index is 0.664. The number of rotatable bonds is 2. The first-order chi connectivity index (χ1) is 7.83. The second-order valence-corrected chi connectivity index (χ2v) is 3.81. The summed E-state index contributed by atoms with van der Waals surface area (Å²) >= 11 is 0. The highest BCUT2D eigenvalue weighted by atomic mass is 16.3. The quantitative estimate of drug-likeness (QED) is 0.655. The first-order valence-corrected chi connectivity index (χ1v) is 5.15. The third-order valence-corrected chi connectivity index (χ3v) is 2.53. The fraction of sp³-hybridized carbons (Fsp3) is 0.167. The van der Waals surface area contributed by atoms with Gasteiger partial charge in [0.15, 0.2) is 5.65 Å². The Hall–Kier alpha value is -2.10. The molecule has 0 aliphatic rings. The molecule has 3 aromatic heterocycles. The van der Waals surface area contributed by atoms with E-state index < -0.39 is 0 Å². The van der Waals surface area contributed by atoms with Gasteiger partial charge < -0.3 is 4.42 Å². The smallest absolute Gasteiger partial charge is 0.160 e. The maximum absolute atomic E-state index is 5.30. The lowest BCUT2D eigenvalue weighted by atomic mass is 10.3. The van der Waals surface area contributed by atoms with Crippen molar-refractivity contribution in [1.29, 1.82) is 0 Å². The molecule has 0 bridgehead atoms. The van der Waals surface area contributed by atoms with Gasteiger partial charge in [-0.3, -0.25) is 4.40 Å². The van der Waals surface area contributed by atoms with Crippen molar-refractivity contribution in [2.75, 3.05) is 0 Å². The van der Waals surface area contributed by atoms with Gasteiger partial charge in [-0.1, -0.05) is 6.07 Å². The molecule has 0 spiro atoms. The van der Waals surface area contributed by atoms with Crippen LogP contribution in [0, 0.1) is 6.92 Å². The van der Waals surface area contributed by atoms with E-state index in [0.717, 1.165) is 17.2 Å². The van der Waals surface area contributed by atoms with Gasteiger partial charge in [-0.15, -0.1) is 10.2 Å². The molecular weight excluding hydrogens is 202 g/mol. The van der Waals surface area contributed by atoms with Gasteiger partial charge >= 0.3 is 0 Å². The third kappa shape index (κ3) is 1.48. The standard InChI is InChI=1S/C12H11N3O/c1-9-4-5-11-13-14-12(15(11)8-9)7-10-3-2-6-16-10/h2-6,8H,7H2,1H3. The van der Waals surface area contributed by atoms with Crippen LogP contribution in [0.25, 0.3) is 5.65 Å². The van der Waals surface area contributed by atoms with E-state index in [1.807, 2.05) is 34.9 Å². The van der Waals surface area contributed by atoms with Crippen LogP contribution in [0.4, 0.5) is 0 Å². The van der Waals surface area contributed by atoms with Gasteiger partial charge in [0, 0.05) is 6.20 Å². The Morgan fingerprint density at radius 2 is 2.19 bits per heavy atom. The lowest BCUT2D eigenvalue weighted by molar-refractivity contribution is 0.516. The summed E-state index contributed by atoms with van der Waals surface area (Å²) in [6.07, 6.45) is 4.37. The number of aromatic nitrogens is 3. The lowest BCUT2D eigenvalue weighted by Gasteiger charge is -1.98. The highest BCUT2D eigenvalue weighted by molar-refractivity contribution is 5.39. The van der Waals surface area contributed by atoms with Gasteiger partial charge in [0.2, 0.25) is 0 Å². The van der Waals surface area contributed by atoms with Crippen LogP contribution in [0.5, 0.6) is 0 Å². The van der Waals surface area contributed by atoms with Crippen molar-refractivity contribution in [2.24, 2.45) is 0 Å². The summed E-state index contributed by atoms with van der Waals surface area (Å²) in [6, 6.07) is 7.81. The number of pyridine rings is 1. The summed E-state index contributed by atoms with van der Waals surface area (Å²) in [5.74, 6) is 1.80. The number of hydrogen-bond acceptors (Lipinski definition) is 3. The van der Waals surface area contributed by atoms with Gasteiger partial charge in [-0.25, -0.2) is 0 Å². The first-order valence-electron chi connectivity index (χ1n) is 5.15. The molecule has 0 aliphatic carbocycles. The van der Waals surface area contributed by atoms with Crippen LogP contribution < -0.4 is 0 Å². The Balaban J connectivity index is 2.07. The molecule has 16 heavy (non-hydrogen) atoms. The SMILES string of the molecule is Cc1ccc2nnc(Cc3ccco3)n2c1. The second kappa shape index (κ2) is 3.48. The zero-order valence-electron chi connectivity index (χ0n) is 8.92. The molecule has 3 aromatic rings. The predicted molar refractivity (Wildman–Crippen MR) is 59.2 cm³/mol. The molecule has 3 heterocycles. The topological polar surface area (TPSA) is 43.3 Å². The number of nitrogens with zero attached hydrogens (tertiary/aromatic N) is 3. The summed E-state index contributed by atoms with van der Waals surface area (Å²) in [4.78, 5) is 0. The summed E-state index contributed by atoms with van der Waals surface area (Å²) < 4.78 is 7.30. The monoisotopic (exact) mass is 213 g/mol. The van der Waals surface area contributed by atoms with E-state index in [9.17, 15) is 0 Å². The molecule has 0 amide bonds. The van der Waals surface area contributed by atoms with E-state index in [4.69, 9.17) is 4.42 Å². The van der Waals surface area contributed by atoms with Crippen LogP contribution in [0.15, 0.2) is 41.1 Å². The molecule has 0 saturated heterocycles. The Kier molecular flexibility index (Phi) is 1.99. The maximum Gasteiger partial charge on any atom is 0.160 e. The van der Waals surface area contributed by atoms with Crippen molar-refractivity contribution in [2.45, 2.75) is 13.3 Å². The van der Waals surface area contributed by atoms with Gasteiger partial charge in [0.1, 0.15) is 11.6 Å². The zero-order chi connectivity index (χ0) is 11.0. The summed E-state index contributed by atoms with van der Waals surface area (Å²) in [5.41, 5.74) is 2.06. The third-order valence-electron chi connectivity index (χ3n) is 2.53. The molecule has 0 aromatic carbocycles. The molecule has 0 radical (unpaired) electrons. The number of aryl methyl sites for hydroxylation is 1. The van der Waals surface area contributed by atoms with Crippen LogP contribution in [0.3, 0.4) is 0 Å². The summed E-state index contributed by atoms with van der Waals surface area (Å²) in [7, 11) is 0. The molecule has 0 atom stereocenters. The highest BCUT2D eigenvalue weighted by Gasteiger charge is 2.07. The van der Waals surface area contributed by atoms with Crippen molar-refractivity contribution < 1.29 is 4.42 Å². The Labute approximate surface area is 92.5 Å². The largest absolute Gasteiger partial charge is 0.469 e. The Morgan fingerprint density at radius 3 is 3.00 bits per heavy atom. The molecule has 0 unspecified atom stereocenters. The van der Waals surface area contributed by atoms with Crippen molar-refractivity contribution in [3.05, 3.63) is 53.9 Å². The average Bonchev–Trinajstić information content (AvgIpc) is 2.90. The molecule has 4 nitrogen and oxygen atoms in total. The zero-order valence-corrected chi connectivity index (χ0v) is 8.92. The minimum atomic E-state index is 0.664. The Morgan fingerprint density at radius 1 is 1.25 bits per heavy atom. The molecule has 0 N–H and O–H groups in total. The van der Waals surface area contributed by atoms with E-state index in [2.05, 4.69) is 17.1 Å². The van der Waals surface area contributed by atoms with E-state index in [1.54, 1.807) is 6.26 Å². The van der Waals surface area contributed by atoms with Crippen LogP contribution in [0.2, 0.25) is 0 Å². The molecule has 4 heteroatoms. The van der Waals surface area contributed by atoms with E-state index in [-0.39, 0.29) is 0 Å². The van der Waals surface area contributed by atoms with Crippen molar-refractivity contribution in [1.82, 2.24) is 14.6 Å². The van der Waals surface area contributed by atoms with Crippen molar-refractivity contribution in [3.63, 3.8) is 0 Å². The molecule has 3 rings (SSSR count). The van der Waals surface area contributed by atoms with Crippen molar-refractivity contribution in [3.8, 4) is 0 Å². The molecule has 0 saturated carbocycles. The van der Waals surface area contributed by atoms with Gasteiger partial charge in [0.05, 0.1) is 12.7 Å². The Bertz CT molecular complexity index is 610. The van der Waals surface area contributed by atoms with E-state index in [0.29, 0.717) is 6.42 Å². The number of hydrogen-bond donors (Lipinski definition) is 0. The summed E-state index contributed by atoms with van der Waals surface area (Å²) in [5, 5.41) is 8.28. The van der Waals surface area contributed by atoms with Gasteiger partial charge in [0.25, 0.3) is 0 Å². The van der Waals surface area contributed by atoms with Crippen LogP contribution >= 0.6 is 0 Å². The fourth-order valence-corrected chi connectivity index (χ4v) is 1.73.